The maximum absolute atomic E-state index is 11.3. The van der Waals surface area contributed by atoms with Gasteiger partial charge < -0.3 is 16.0 Å². The Kier molecular flexibility index (Phi) is 5.32. The second-order valence-corrected chi connectivity index (χ2v) is 7.77. The van der Waals surface area contributed by atoms with Gasteiger partial charge in [0.15, 0.2) is 0 Å². The number of hydrogen-bond acceptors (Lipinski definition) is 3. The van der Waals surface area contributed by atoms with Crippen molar-refractivity contribution in [2.24, 2.45) is 17.6 Å². The molecule has 1 heterocycles. The lowest BCUT2D eigenvalue weighted by molar-refractivity contribution is -0.122. The molecule has 1 aromatic rings. The van der Waals surface area contributed by atoms with Gasteiger partial charge in [-0.15, -0.1) is 0 Å². The first-order valence-corrected chi connectivity index (χ1v) is 9.44. The Hall–Kier alpha value is -1.71. The van der Waals surface area contributed by atoms with Crippen molar-refractivity contribution in [3.63, 3.8) is 0 Å². The number of aryl methyl sites for hydroxylation is 1. The number of anilines is 2. The molecule has 0 spiro atoms. The van der Waals surface area contributed by atoms with Crippen LogP contribution in [0.15, 0.2) is 18.2 Å². The normalized spacial score (nSPS) is 25.5. The maximum atomic E-state index is 11.3. The first-order chi connectivity index (χ1) is 11.5. The van der Waals surface area contributed by atoms with Crippen LogP contribution in [0.5, 0.6) is 0 Å². The summed E-state index contributed by atoms with van der Waals surface area (Å²) < 4.78 is 0. The van der Waals surface area contributed by atoms with E-state index in [0.29, 0.717) is 6.04 Å². The molecular weight excluding hydrogens is 298 g/mol. The number of rotatable bonds is 4. The fourth-order valence-corrected chi connectivity index (χ4v) is 4.11. The van der Waals surface area contributed by atoms with E-state index in [1.165, 1.54) is 42.9 Å². The topological polar surface area (TPSA) is 58.4 Å². The van der Waals surface area contributed by atoms with Crippen molar-refractivity contribution < 1.29 is 4.79 Å². The molecule has 1 aromatic carbocycles. The van der Waals surface area contributed by atoms with Crippen LogP contribution in [0.2, 0.25) is 0 Å². The van der Waals surface area contributed by atoms with E-state index in [2.05, 4.69) is 42.3 Å². The van der Waals surface area contributed by atoms with Crippen LogP contribution in [0.25, 0.3) is 0 Å². The van der Waals surface area contributed by atoms with Gasteiger partial charge >= 0.3 is 0 Å². The molecule has 4 nitrogen and oxygen atoms in total. The van der Waals surface area contributed by atoms with Crippen molar-refractivity contribution in [3.8, 4) is 0 Å². The number of amides is 1. The minimum Gasteiger partial charge on any atom is -0.382 e. The minimum absolute atomic E-state index is 0.0775. The second-order valence-electron chi connectivity index (χ2n) is 7.77. The number of hydrogen-bond donors (Lipinski definition) is 2. The minimum atomic E-state index is -0.135. The van der Waals surface area contributed by atoms with E-state index in [0.717, 1.165) is 31.6 Å². The fourth-order valence-electron chi connectivity index (χ4n) is 4.11. The molecule has 0 atom stereocenters. The lowest BCUT2D eigenvalue weighted by Crippen LogP contribution is -2.33. The number of nitrogens with zero attached hydrogens (tertiary/aromatic N) is 1. The first-order valence-electron chi connectivity index (χ1n) is 9.44. The first kappa shape index (κ1) is 17.1. The fraction of sp³-hybridized carbons (Fsp3) is 0.650. The Morgan fingerprint density at radius 1 is 1.12 bits per heavy atom. The average molecular weight is 329 g/mol. The van der Waals surface area contributed by atoms with Gasteiger partial charge in [0.25, 0.3) is 0 Å². The Labute approximate surface area is 145 Å². The SMILES string of the molecule is Cc1cc(NC2CCC(C(N)=O)CC2)ccc1N1CCC(C)CC1. The van der Waals surface area contributed by atoms with E-state index in [1.54, 1.807) is 0 Å². The predicted octanol–water partition coefficient (Wildman–Crippen LogP) is 3.69. The van der Waals surface area contributed by atoms with Crippen LogP contribution in [0.1, 0.15) is 51.0 Å². The zero-order chi connectivity index (χ0) is 17.1. The van der Waals surface area contributed by atoms with Crippen molar-refractivity contribution in [2.45, 2.75) is 58.4 Å². The summed E-state index contributed by atoms with van der Waals surface area (Å²) >= 11 is 0. The molecule has 1 amide bonds. The molecular formula is C20H31N3O. The Bertz CT molecular complexity index is 570. The van der Waals surface area contributed by atoms with E-state index >= 15 is 0 Å². The smallest absolute Gasteiger partial charge is 0.220 e. The van der Waals surface area contributed by atoms with E-state index in [-0.39, 0.29) is 11.8 Å². The van der Waals surface area contributed by atoms with Crippen LogP contribution in [0.4, 0.5) is 11.4 Å². The van der Waals surface area contributed by atoms with Crippen LogP contribution >= 0.6 is 0 Å². The largest absolute Gasteiger partial charge is 0.382 e. The van der Waals surface area contributed by atoms with E-state index in [9.17, 15) is 4.79 Å². The molecule has 1 aliphatic carbocycles. The molecule has 4 heteroatoms. The van der Waals surface area contributed by atoms with E-state index < -0.39 is 0 Å². The highest BCUT2D eigenvalue weighted by molar-refractivity contribution is 5.76. The van der Waals surface area contributed by atoms with Crippen molar-refractivity contribution in [1.82, 2.24) is 0 Å². The van der Waals surface area contributed by atoms with E-state index in [4.69, 9.17) is 5.73 Å². The molecule has 2 aliphatic rings. The molecule has 24 heavy (non-hydrogen) atoms. The summed E-state index contributed by atoms with van der Waals surface area (Å²) in [6.07, 6.45) is 6.47. The average Bonchev–Trinajstić information content (AvgIpc) is 2.57. The summed E-state index contributed by atoms with van der Waals surface area (Å²) in [5.74, 6) is 0.802. The van der Waals surface area contributed by atoms with Crippen LogP contribution in [-0.2, 0) is 4.79 Å². The molecule has 0 bridgehead atoms. The molecule has 132 valence electrons. The number of carbonyl (C=O) groups excluding carboxylic acids is 1. The lowest BCUT2D eigenvalue weighted by Gasteiger charge is -2.33. The zero-order valence-electron chi connectivity index (χ0n) is 15.1. The monoisotopic (exact) mass is 329 g/mol. The third kappa shape index (κ3) is 4.03. The van der Waals surface area contributed by atoms with Gasteiger partial charge in [0.1, 0.15) is 0 Å². The number of piperidine rings is 1. The summed E-state index contributed by atoms with van der Waals surface area (Å²) in [6, 6.07) is 7.21. The van der Waals surface area contributed by atoms with Gasteiger partial charge in [-0.2, -0.15) is 0 Å². The van der Waals surface area contributed by atoms with Gasteiger partial charge in [-0.25, -0.2) is 0 Å². The molecule has 3 rings (SSSR count). The second kappa shape index (κ2) is 7.45. The molecule has 1 saturated carbocycles. The van der Waals surface area contributed by atoms with E-state index in [1.807, 2.05) is 0 Å². The number of carbonyl (C=O) groups is 1. The maximum Gasteiger partial charge on any atom is 0.220 e. The van der Waals surface area contributed by atoms with Crippen molar-refractivity contribution in [2.75, 3.05) is 23.3 Å². The Morgan fingerprint density at radius 2 is 1.79 bits per heavy atom. The Morgan fingerprint density at radius 3 is 2.38 bits per heavy atom. The van der Waals surface area contributed by atoms with Crippen LogP contribution in [-0.4, -0.2) is 25.0 Å². The molecule has 0 radical (unpaired) electrons. The third-order valence-electron chi connectivity index (χ3n) is 5.82. The van der Waals surface area contributed by atoms with Gasteiger partial charge in [-0.1, -0.05) is 6.92 Å². The zero-order valence-corrected chi connectivity index (χ0v) is 15.1. The molecule has 1 saturated heterocycles. The lowest BCUT2D eigenvalue weighted by atomic mass is 9.85. The standard InChI is InChI=1S/C20H31N3O/c1-14-9-11-23(12-10-14)19-8-7-18(13-15(19)2)22-17-5-3-16(4-6-17)20(21)24/h7-8,13-14,16-17,22H,3-6,9-12H2,1-2H3,(H2,21,24). The summed E-state index contributed by atoms with van der Waals surface area (Å²) in [4.78, 5) is 13.8. The quantitative estimate of drug-likeness (QED) is 0.886. The predicted molar refractivity (Wildman–Crippen MR) is 100 cm³/mol. The van der Waals surface area contributed by atoms with Crippen molar-refractivity contribution >= 4 is 17.3 Å². The summed E-state index contributed by atoms with van der Waals surface area (Å²) in [5, 5.41) is 3.65. The summed E-state index contributed by atoms with van der Waals surface area (Å²) in [7, 11) is 0. The van der Waals surface area contributed by atoms with Gasteiger partial charge in [0.2, 0.25) is 5.91 Å². The third-order valence-corrected chi connectivity index (χ3v) is 5.82. The molecule has 0 unspecified atom stereocenters. The van der Waals surface area contributed by atoms with Gasteiger partial charge in [-0.3, -0.25) is 4.79 Å². The van der Waals surface area contributed by atoms with Gasteiger partial charge in [0, 0.05) is 36.4 Å². The number of nitrogens with one attached hydrogen (secondary N) is 1. The summed E-state index contributed by atoms with van der Waals surface area (Å²) in [5.41, 5.74) is 9.34. The molecule has 2 fully saturated rings. The number of primary amides is 1. The van der Waals surface area contributed by atoms with Crippen LogP contribution in [0.3, 0.4) is 0 Å². The molecule has 0 aromatic heterocycles. The van der Waals surface area contributed by atoms with Crippen molar-refractivity contribution in [1.29, 1.82) is 0 Å². The summed E-state index contributed by atoms with van der Waals surface area (Å²) in [6.45, 7) is 6.91. The van der Waals surface area contributed by atoms with Gasteiger partial charge in [-0.05, 0) is 75.1 Å². The molecule has 3 N–H and O–H groups in total. The van der Waals surface area contributed by atoms with Gasteiger partial charge in [0.05, 0.1) is 0 Å². The highest BCUT2D eigenvalue weighted by Crippen LogP contribution is 2.30. The Balaban J connectivity index is 1.58. The highest BCUT2D eigenvalue weighted by atomic mass is 16.1. The van der Waals surface area contributed by atoms with Crippen molar-refractivity contribution in [3.05, 3.63) is 23.8 Å². The number of nitrogens with two attached hydrogens (primary N) is 1. The number of benzene rings is 1. The van der Waals surface area contributed by atoms with Crippen LogP contribution < -0.4 is 16.0 Å². The van der Waals surface area contributed by atoms with Crippen LogP contribution in [0, 0.1) is 18.8 Å². The molecule has 1 aliphatic heterocycles. The highest BCUT2D eigenvalue weighted by Gasteiger charge is 2.24.